The van der Waals surface area contributed by atoms with Crippen LogP contribution in [0.3, 0.4) is 0 Å². The minimum absolute atomic E-state index is 0.187. The van der Waals surface area contributed by atoms with Gasteiger partial charge in [0, 0.05) is 25.4 Å². The van der Waals surface area contributed by atoms with Gasteiger partial charge in [-0.05, 0) is 0 Å². The zero-order chi connectivity index (χ0) is 12.1. The first-order valence-corrected chi connectivity index (χ1v) is 5.15. The summed E-state index contributed by atoms with van der Waals surface area (Å²) in [5.41, 5.74) is -0.303. The summed E-state index contributed by atoms with van der Waals surface area (Å²) >= 11 is 0. The molecule has 0 bridgehead atoms. The molecular formula is C10H13N5O2. The lowest BCUT2D eigenvalue weighted by Crippen LogP contribution is -2.15. The van der Waals surface area contributed by atoms with Crippen LogP contribution in [0.4, 0.5) is 5.82 Å². The highest BCUT2D eigenvalue weighted by Crippen LogP contribution is 2.13. The summed E-state index contributed by atoms with van der Waals surface area (Å²) in [5, 5.41) is 3.03. The number of imidazole rings is 1. The molecule has 0 spiro atoms. The lowest BCUT2D eigenvalue weighted by atomic mass is 10.4. The van der Waals surface area contributed by atoms with Gasteiger partial charge in [0.2, 0.25) is 5.75 Å². The van der Waals surface area contributed by atoms with Crippen LogP contribution >= 0.6 is 0 Å². The van der Waals surface area contributed by atoms with Gasteiger partial charge >= 0.3 is 0 Å². The molecule has 3 N–H and O–H groups in total. The van der Waals surface area contributed by atoms with Crippen LogP contribution in [-0.2, 0) is 6.42 Å². The van der Waals surface area contributed by atoms with Gasteiger partial charge < -0.3 is 20.0 Å². The molecule has 0 aliphatic carbocycles. The van der Waals surface area contributed by atoms with Crippen molar-refractivity contribution in [3.63, 3.8) is 0 Å². The highest BCUT2D eigenvalue weighted by molar-refractivity contribution is 5.47. The Labute approximate surface area is 97.3 Å². The lowest BCUT2D eigenvalue weighted by Gasteiger charge is -2.07. The summed E-state index contributed by atoms with van der Waals surface area (Å²) in [6.07, 6.45) is 5.51. The monoisotopic (exact) mass is 235 g/mol. The maximum absolute atomic E-state index is 11.4. The highest BCUT2D eigenvalue weighted by atomic mass is 16.5. The molecule has 2 aromatic rings. The summed E-state index contributed by atoms with van der Waals surface area (Å²) in [6.45, 7) is 0.611. The Balaban J connectivity index is 1.99. The van der Waals surface area contributed by atoms with Gasteiger partial charge in [0.1, 0.15) is 5.82 Å². The number of methoxy groups -OCH3 is 1. The van der Waals surface area contributed by atoms with E-state index in [-0.39, 0.29) is 11.3 Å². The molecular weight excluding hydrogens is 222 g/mol. The molecule has 2 rings (SSSR count). The standard InChI is InChI=1S/C10H13N5O2/c1-17-8-9(14-6-15-10(8)16)13-3-2-7-11-4-5-12-7/h4-6H,2-3H2,1H3,(H,11,12)(H2,13,14,15,16). The molecule has 2 heterocycles. The van der Waals surface area contributed by atoms with Gasteiger partial charge in [-0.25, -0.2) is 9.97 Å². The zero-order valence-electron chi connectivity index (χ0n) is 9.36. The Morgan fingerprint density at radius 2 is 2.29 bits per heavy atom. The first-order chi connectivity index (χ1) is 8.31. The van der Waals surface area contributed by atoms with E-state index >= 15 is 0 Å². The SMILES string of the molecule is COc1c(NCCc2ncc[nH]2)nc[nH]c1=O. The molecule has 0 saturated carbocycles. The quantitative estimate of drug-likeness (QED) is 0.686. The molecule has 7 heteroatoms. The predicted molar refractivity (Wildman–Crippen MR) is 62.2 cm³/mol. The Kier molecular flexibility index (Phi) is 3.39. The first-order valence-electron chi connectivity index (χ1n) is 5.15. The van der Waals surface area contributed by atoms with Crippen molar-refractivity contribution >= 4 is 5.82 Å². The van der Waals surface area contributed by atoms with Crippen molar-refractivity contribution in [2.75, 3.05) is 19.0 Å². The van der Waals surface area contributed by atoms with Crippen LogP contribution < -0.4 is 15.6 Å². The Morgan fingerprint density at radius 1 is 1.41 bits per heavy atom. The second kappa shape index (κ2) is 5.15. The van der Waals surface area contributed by atoms with E-state index in [2.05, 4.69) is 25.3 Å². The molecule has 0 saturated heterocycles. The van der Waals surface area contributed by atoms with Gasteiger partial charge in [-0.3, -0.25) is 4.79 Å². The van der Waals surface area contributed by atoms with Gasteiger partial charge in [-0.1, -0.05) is 0 Å². The largest absolute Gasteiger partial charge is 0.489 e. The fraction of sp³-hybridized carbons (Fsp3) is 0.300. The molecule has 0 radical (unpaired) electrons. The number of aromatic amines is 2. The topological polar surface area (TPSA) is 95.7 Å². The van der Waals surface area contributed by atoms with Crippen molar-refractivity contribution in [2.45, 2.75) is 6.42 Å². The molecule has 0 amide bonds. The third kappa shape index (κ3) is 2.63. The molecule has 2 aromatic heterocycles. The van der Waals surface area contributed by atoms with E-state index in [0.29, 0.717) is 18.8 Å². The third-order valence-electron chi connectivity index (χ3n) is 2.22. The maximum atomic E-state index is 11.4. The molecule has 0 atom stereocenters. The fourth-order valence-electron chi connectivity index (χ4n) is 1.44. The van der Waals surface area contributed by atoms with Crippen LogP contribution in [0.1, 0.15) is 5.82 Å². The number of rotatable bonds is 5. The van der Waals surface area contributed by atoms with Crippen LogP contribution in [0, 0.1) is 0 Å². The molecule has 17 heavy (non-hydrogen) atoms. The fourth-order valence-corrected chi connectivity index (χ4v) is 1.44. The number of hydrogen-bond donors (Lipinski definition) is 3. The second-order valence-electron chi connectivity index (χ2n) is 3.33. The van der Waals surface area contributed by atoms with Crippen molar-refractivity contribution in [1.29, 1.82) is 0 Å². The average molecular weight is 235 g/mol. The van der Waals surface area contributed by atoms with E-state index in [4.69, 9.17) is 4.74 Å². The maximum Gasteiger partial charge on any atom is 0.295 e. The van der Waals surface area contributed by atoms with Crippen LogP contribution in [0.15, 0.2) is 23.5 Å². The van der Waals surface area contributed by atoms with Gasteiger partial charge in [0.25, 0.3) is 5.56 Å². The number of hydrogen-bond acceptors (Lipinski definition) is 5. The molecule has 90 valence electrons. The van der Waals surface area contributed by atoms with Crippen molar-refractivity contribution in [3.8, 4) is 5.75 Å². The summed E-state index contributed by atoms with van der Waals surface area (Å²) in [4.78, 5) is 24.9. The van der Waals surface area contributed by atoms with Crippen molar-refractivity contribution in [3.05, 3.63) is 34.9 Å². The molecule has 0 fully saturated rings. The number of anilines is 1. The lowest BCUT2D eigenvalue weighted by molar-refractivity contribution is 0.408. The number of aromatic nitrogens is 4. The Morgan fingerprint density at radius 3 is 3.00 bits per heavy atom. The van der Waals surface area contributed by atoms with E-state index in [1.807, 2.05) is 0 Å². The van der Waals surface area contributed by atoms with Gasteiger partial charge in [-0.15, -0.1) is 0 Å². The van der Waals surface area contributed by atoms with E-state index in [1.165, 1.54) is 13.4 Å². The normalized spacial score (nSPS) is 10.2. The van der Waals surface area contributed by atoms with E-state index in [9.17, 15) is 4.79 Å². The zero-order valence-corrected chi connectivity index (χ0v) is 9.36. The average Bonchev–Trinajstić information content (AvgIpc) is 2.82. The number of nitrogens with one attached hydrogen (secondary N) is 3. The molecule has 0 aliphatic heterocycles. The van der Waals surface area contributed by atoms with Crippen molar-refractivity contribution < 1.29 is 4.74 Å². The molecule has 0 unspecified atom stereocenters. The first kappa shape index (κ1) is 11.2. The summed E-state index contributed by atoms with van der Waals surface area (Å²) in [6, 6.07) is 0. The van der Waals surface area contributed by atoms with Crippen LogP contribution in [0.2, 0.25) is 0 Å². The van der Waals surface area contributed by atoms with Crippen molar-refractivity contribution in [1.82, 2.24) is 19.9 Å². The number of ether oxygens (including phenoxy) is 1. The minimum atomic E-state index is -0.303. The Hall–Kier alpha value is -2.31. The van der Waals surface area contributed by atoms with Gasteiger partial charge in [0.15, 0.2) is 5.82 Å². The summed E-state index contributed by atoms with van der Waals surface area (Å²) in [5.74, 6) is 1.50. The summed E-state index contributed by atoms with van der Waals surface area (Å²) < 4.78 is 4.97. The second-order valence-corrected chi connectivity index (χ2v) is 3.33. The van der Waals surface area contributed by atoms with Gasteiger partial charge in [0.05, 0.1) is 13.4 Å². The van der Waals surface area contributed by atoms with E-state index in [1.54, 1.807) is 12.4 Å². The summed E-state index contributed by atoms with van der Waals surface area (Å²) in [7, 11) is 1.43. The molecule has 0 aliphatic rings. The molecule has 0 aromatic carbocycles. The van der Waals surface area contributed by atoms with Crippen LogP contribution in [0.5, 0.6) is 5.75 Å². The number of H-pyrrole nitrogens is 2. The van der Waals surface area contributed by atoms with Crippen molar-refractivity contribution in [2.24, 2.45) is 0 Å². The Bertz CT molecular complexity index is 520. The van der Waals surface area contributed by atoms with E-state index in [0.717, 1.165) is 5.82 Å². The highest BCUT2D eigenvalue weighted by Gasteiger charge is 2.07. The predicted octanol–water partition coefficient (Wildman–Crippen LogP) is 0.156. The molecule has 7 nitrogen and oxygen atoms in total. The van der Waals surface area contributed by atoms with Crippen LogP contribution in [-0.4, -0.2) is 33.6 Å². The smallest absolute Gasteiger partial charge is 0.295 e. The number of nitrogens with zero attached hydrogens (tertiary/aromatic N) is 2. The van der Waals surface area contributed by atoms with E-state index < -0.39 is 0 Å². The van der Waals surface area contributed by atoms with Crippen LogP contribution in [0.25, 0.3) is 0 Å². The van der Waals surface area contributed by atoms with Gasteiger partial charge in [-0.2, -0.15) is 0 Å². The minimum Gasteiger partial charge on any atom is -0.489 e. The third-order valence-corrected chi connectivity index (χ3v) is 2.22.